The van der Waals surface area contributed by atoms with E-state index in [1.54, 1.807) is 5.57 Å². The quantitative estimate of drug-likeness (QED) is 0.566. The van der Waals surface area contributed by atoms with Crippen molar-refractivity contribution in [2.24, 2.45) is 5.41 Å². The maximum Gasteiger partial charge on any atom is 0.0166 e. The van der Waals surface area contributed by atoms with Gasteiger partial charge < -0.3 is 5.32 Å². The molecule has 1 aliphatic heterocycles. The fourth-order valence-corrected chi connectivity index (χ4v) is 2.01. The fourth-order valence-electron chi connectivity index (χ4n) is 2.01. The van der Waals surface area contributed by atoms with Crippen LogP contribution in [0.15, 0.2) is 11.6 Å². The lowest BCUT2D eigenvalue weighted by atomic mass is 9.83. The largest absolute Gasteiger partial charge is 0.316 e. The summed E-state index contributed by atoms with van der Waals surface area (Å²) in [6.45, 7) is 14.8. The molecule has 0 spiro atoms. The lowest BCUT2D eigenvalue weighted by molar-refractivity contribution is 0.279. The molecule has 15 heavy (non-hydrogen) atoms. The smallest absolute Gasteiger partial charge is 0.0166 e. The van der Waals surface area contributed by atoms with E-state index in [0.717, 1.165) is 19.6 Å². The van der Waals surface area contributed by atoms with Crippen molar-refractivity contribution in [3.05, 3.63) is 11.6 Å². The molecule has 2 nitrogen and oxygen atoms in total. The highest BCUT2D eigenvalue weighted by atomic mass is 15.1. The van der Waals surface area contributed by atoms with Crippen LogP contribution >= 0.6 is 0 Å². The number of hydrogen-bond acceptors (Lipinski definition) is 2. The van der Waals surface area contributed by atoms with Crippen molar-refractivity contribution in [1.29, 1.82) is 0 Å². The Morgan fingerprint density at radius 1 is 1.40 bits per heavy atom. The molecule has 0 radical (unpaired) electrons. The first-order chi connectivity index (χ1) is 7.04. The summed E-state index contributed by atoms with van der Waals surface area (Å²) in [6.07, 6.45) is 3.67. The summed E-state index contributed by atoms with van der Waals surface area (Å²) in [6, 6.07) is 0. The van der Waals surface area contributed by atoms with E-state index in [1.807, 2.05) is 0 Å². The van der Waals surface area contributed by atoms with Gasteiger partial charge in [0.2, 0.25) is 0 Å². The molecule has 0 aromatic rings. The second-order valence-corrected chi connectivity index (χ2v) is 5.38. The molecule has 0 bridgehead atoms. The molecular formula is C13H26N2. The van der Waals surface area contributed by atoms with Crippen LogP contribution in [-0.4, -0.2) is 37.6 Å². The second-order valence-electron chi connectivity index (χ2n) is 5.38. The van der Waals surface area contributed by atoms with Crippen molar-refractivity contribution >= 4 is 0 Å². The first kappa shape index (κ1) is 12.7. The van der Waals surface area contributed by atoms with E-state index in [2.05, 4.69) is 44.0 Å². The van der Waals surface area contributed by atoms with Crippen molar-refractivity contribution in [2.45, 2.75) is 34.1 Å². The van der Waals surface area contributed by atoms with Crippen LogP contribution in [-0.2, 0) is 0 Å². The number of nitrogens with zero attached hydrogens (tertiary/aromatic N) is 1. The lowest BCUT2D eigenvalue weighted by Gasteiger charge is -2.32. The fraction of sp³-hybridized carbons (Fsp3) is 0.846. The zero-order valence-electron chi connectivity index (χ0n) is 10.8. The predicted octanol–water partition coefficient (Wildman–Crippen LogP) is 2.27. The molecule has 0 aromatic carbocycles. The number of rotatable bonds is 4. The highest BCUT2D eigenvalue weighted by Crippen LogP contribution is 2.29. The van der Waals surface area contributed by atoms with Gasteiger partial charge in [-0.15, -0.1) is 0 Å². The van der Waals surface area contributed by atoms with E-state index < -0.39 is 0 Å². The average molecular weight is 210 g/mol. The zero-order chi connectivity index (χ0) is 11.3. The van der Waals surface area contributed by atoms with Crippen LogP contribution in [0.25, 0.3) is 0 Å². The normalized spacial score (nSPS) is 19.1. The number of nitrogens with one attached hydrogen (secondary N) is 1. The van der Waals surface area contributed by atoms with Crippen LogP contribution in [0.4, 0.5) is 0 Å². The summed E-state index contributed by atoms with van der Waals surface area (Å²) in [5.41, 5.74) is 2.00. The molecule has 0 unspecified atom stereocenters. The van der Waals surface area contributed by atoms with Crippen molar-refractivity contribution in [2.75, 3.05) is 32.7 Å². The zero-order valence-corrected chi connectivity index (χ0v) is 10.8. The van der Waals surface area contributed by atoms with Crippen molar-refractivity contribution in [3.63, 3.8) is 0 Å². The first-order valence-corrected chi connectivity index (χ1v) is 6.16. The van der Waals surface area contributed by atoms with Gasteiger partial charge in [0, 0.05) is 26.2 Å². The monoisotopic (exact) mass is 210 g/mol. The van der Waals surface area contributed by atoms with Gasteiger partial charge in [-0.3, -0.25) is 4.90 Å². The van der Waals surface area contributed by atoms with Crippen molar-refractivity contribution < 1.29 is 0 Å². The SMILES string of the molecule is CCNCCN1CC=C(C(C)(C)C)CC1. The van der Waals surface area contributed by atoms with Gasteiger partial charge in [-0.05, 0) is 18.4 Å². The van der Waals surface area contributed by atoms with Crippen LogP contribution in [0, 0.1) is 5.41 Å². The second kappa shape index (κ2) is 5.66. The van der Waals surface area contributed by atoms with Gasteiger partial charge in [0.15, 0.2) is 0 Å². The van der Waals surface area contributed by atoms with Crippen LogP contribution in [0.3, 0.4) is 0 Å². The molecule has 1 rings (SSSR count). The summed E-state index contributed by atoms with van der Waals surface area (Å²) in [7, 11) is 0. The Morgan fingerprint density at radius 2 is 2.13 bits per heavy atom. The Labute approximate surface area is 94.7 Å². The maximum absolute atomic E-state index is 3.37. The highest BCUT2D eigenvalue weighted by Gasteiger charge is 2.20. The Bertz CT molecular complexity index is 213. The molecule has 0 saturated carbocycles. The molecular weight excluding hydrogens is 184 g/mol. The van der Waals surface area contributed by atoms with Gasteiger partial charge in [0.05, 0.1) is 0 Å². The third kappa shape index (κ3) is 4.35. The van der Waals surface area contributed by atoms with E-state index in [4.69, 9.17) is 0 Å². The molecule has 1 aliphatic rings. The van der Waals surface area contributed by atoms with Crippen LogP contribution < -0.4 is 5.32 Å². The minimum atomic E-state index is 0.369. The summed E-state index contributed by atoms with van der Waals surface area (Å²) >= 11 is 0. The summed E-state index contributed by atoms with van der Waals surface area (Å²) in [5.74, 6) is 0. The predicted molar refractivity (Wildman–Crippen MR) is 67.1 cm³/mol. The minimum absolute atomic E-state index is 0.369. The number of hydrogen-bond donors (Lipinski definition) is 1. The molecule has 0 atom stereocenters. The minimum Gasteiger partial charge on any atom is -0.316 e. The van der Waals surface area contributed by atoms with E-state index in [1.165, 1.54) is 19.5 Å². The Morgan fingerprint density at radius 3 is 2.60 bits per heavy atom. The molecule has 0 fully saturated rings. The van der Waals surface area contributed by atoms with Crippen molar-refractivity contribution in [1.82, 2.24) is 10.2 Å². The third-order valence-electron chi connectivity index (χ3n) is 3.11. The van der Waals surface area contributed by atoms with Crippen LogP contribution in [0.2, 0.25) is 0 Å². The molecule has 2 heteroatoms. The summed E-state index contributed by atoms with van der Waals surface area (Å²) in [5, 5.41) is 3.37. The maximum atomic E-state index is 3.37. The first-order valence-electron chi connectivity index (χ1n) is 6.16. The molecule has 0 amide bonds. The van der Waals surface area contributed by atoms with E-state index in [-0.39, 0.29) is 0 Å². The Kier molecular flexibility index (Phi) is 4.81. The standard InChI is InChI=1S/C13H26N2/c1-5-14-8-11-15-9-6-12(7-10-15)13(2,3)4/h6,14H,5,7-11H2,1-4H3. The third-order valence-corrected chi connectivity index (χ3v) is 3.11. The molecule has 1 heterocycles. The van der Waals surface area contributed by atoms with Crippen LogP contribution in [0.5, 0.6) is 0 Å². The van der Waals surface area contributed by atoms with Gasteiger partial charge in [0.1, 0.15) is 0 Å². The van der Waals surface area contributed by atoms with Crippen molar-refractivity contribution in [3.8, 4) is 0 Å². The van der Waals surface area contributed by atoms with E-state index in [9.17, 15) is 0 Å². The van der Waals surface area contributed by atoms with Gasteiger partial charge in [-0.1, -0.05) is 39.3 Å². The lowest BCUT2D eigenvalue weighted by Crippen LogP contribution is -2.36. The Hall–Kier alpha value is -0.340. The van der Waals surface area contributed by atoms with Gasteiger partial charge in [-0.2, -0.15) is 0 Å². The van der Waals surface area contributed by atoms with Gasteiger partial charge in [-0.25, -0.2) is 0 Å². The molecule has 0 aliphatic carbocycles. The molecule has 1 N–H and O–H groups in total. The van der Waals surface area contributed by atoms with Gasteiger partial charge in [0.25, 0.3) is 0 Å². The van der Waals surface area contributed by atoms with Gasteiger partial charge >= 0.3 is 0 Å². The summed E-state index contributed by atoms with van der Waals surface area (Å²) < 4.78 is 0. The average Bonchev–Trinajstić information content (AvgIpc) is 2.18. The highest BCUT2D eigenvalue weighted by molar-refractivity contribution is 5.14. The topological polar surface area (TPSA) is 15.3 Å². The molecule has 88 valence electrons. The van der Waals surface area contributed by atoms with E-state index >= 15 is 0 Å². The number of likely N-dealkylation sites (N-methyl/N-ethyl adjacent to an activating group) is 1. The molecule has 0 saturated heterocycles. The van der Waals surface area contributed by atoms with E-state index in [0.29, 0.717) is 5.41 Å². The Balaban J connectivity index is 2.31. The van der Waals surface area contributed by atoms with Crippen LogP contribution in [0.1, 0.15) is 34.1 Å². The summed E-state index contributed by atoms with van der Waals surface area (Å²) in [4.78, 5) is 2.53. The molecule has 0 aromatic heterocycles.